The zero-order chi connectivity index (χ0) is 8.41. The second-order valence-electron chi connectivity index (χ2n) is 1.86. The third kappa shape index (κ3) is 10.5. The summed E-state index contributed by atoms with van der Waals surface area (Å²) in [6.07, 6.45) is 7.52. The van der Waals surface area contributed by atoms with E-state index < -0.39 is 0 Å². The summed E-state index contributed by atoms with van der Waals surface area (Å²) in [7, 11) is 0. The predicted molar refractivity (Wildman–Crippen MR) is 50.2 cm³/mol. The van der Waals surface area contributed by atoms with Gasteiger partial charge >= 0.3 is 0 Å². The summed E-state index contributed by atoms with van der Waals surface area (Å²) < 4.78 is 0. The monoisotopic (exact) mass is 140 g/mol. The molecular formula is C10H20. The topological polar surface area (TPSA) is 0 Å². The third-order valence-electron chi connectivity index (χ3n) is 0.956. The van der Waals surface area contributed by atoms with Crippen molar-refractivity contribution < 1.29 is 0 Å². The normalized spacial score (nSPS) is 11.1. The van der Waals surface area contributed by atoms with Crippen molar-refractivity contribution in [2.75, 3.05) is 0 Å². The summed E-state index contributed by atoms with van der Waals surface area (Å²) in [6, 6.07) is 0. The van der Waals surface area contributed by atoms with Gasteiger partial charge in [-0.05, 0) is 20.3 Å². The van der Waals surface area contributed by atoms with Crippen LogP contribution in [0.4, 0.5) is 0 Å². The summed E-state index contributed by atoms with van der Waals surface area (Å²) in [5, 5.41) is 0. The molecule has 0 heterocycles. The van der Waals surface area contributed by atoms with Gasteiger partial charge in [0, 0.05) is 0 Å². The molecule has 0 aliphatic rings. The van der Waals surface area contributed by atoms with Gasteiger partial charge in [0.05, 0.1) is 0 Å². The highest BCUT2D eigenvalue weighted by Gasteiger charge is 1.74. The van der Waals surface area contributed by atoms with Crippen molar-refractivity contribution in [3.63, 3.8) is 0 Å². The first-order valence-electron chi connectivity index (χ1n) is 4.10. The van der Waals surface area contributed by atoms with E-state index in [1.54, 1.807) is 0 Å². The number of hydrogen-bond acceptors (Lipinski definition) is 0. The zero-order valence-corrected chi connectivity index (χ0v) is 7.94. The molecule has 0 aliphatic carbocycles. The lowest BCUT2D eigenvalue weighted by atomic mass is 10.2. The van der Waals surface area contributed by atoms with Crippen molar-refractivity contribution in [2.24, 2.45) is 0 Å². The molecule has 0 aliphatic heterocycles. The average molecular weight is 140 g/mol. The van der Waals surface area contributed by atoms with Gasteiger partial charge in [-0.15, -0.1) is 0 Å². The molecule has 0 nitrogen and oxygen atoms in total. The largest absolute Gasteiger partial charge is 0.0874 e. The lowest BCUT2D eigenvalue weighted by Crippen LogP contribution is -1.64. The Morgan fingerprint density at radius 2 is 1.80 bits per heavy atom. The lowest BCUT2D eigenvalue weighted by Gasteiger charge is -1.85. The molecule has 0 aromatic heterocycles. The molecule has 0 aromatic carbocycles. The van der Waals surface area contributed by atoms with Crippen LogP contribution in [0.1, 0.15) is 41.0 Å². The van der Waals surface area contributed by atoms with E-state index >= 15 is 0 Å². The van der Waals surface area contributed by atoms with Gasteiger partial charge in [0.25, 0.3) is 0 Å². The van der Waals surface area contributed by atoms with Gasteiger partial charge in [0.1, 0.15) is 0 Å². The van der Waals surface area contributed by atoms with Crippen molar-refractivity contribution in [1.29, 1.82) is 0 Å². The fraction of sp³-hybridized carbons (Fsp3) is 0.600. The van der Waals surface area contributed by atoms with Crippen LogP contribution in [0.3, 0.4) is 0 Å². The number of hydrogen-bond donors (Lipinski definition) is 0. The quantitative estimate of drug-likeness (QED) is 0.509. The minimum Gasteiger partial charge on any atom is -0.0874 e. The molecule has 0 spiro atoms. The molecule has 0 fully saturated rings. The van der Waals surface area contributed by atoms with E-state index in [4.69, 9.17) is 0 Å². The van der Waals surface area contributed by atoms with E-state index in [2.05, 4.69) is 32.1 Å². The van der Waals surface area contributed by atoms with Gasteiger partial charge in [-0.1, -0.05) is 44.6 Å². The maximum Gasteiger partial charge on any atom is -0.0374 e. The van der Waals surface area contributed by atoms with Crippen LogP contribution in [0, 0.1) is 0 Å². The van der Waals surface area contributed by atoms with Crippen LogP contribution in [-0.4, -0.2) is 0 Å². The Labute approximate surface area is 65.7 Å². The van der Waals surface area contributed by atoms with Crippen molar-refractivity contribution >= 4 is 0 Å². The Kier molecular flexibility index (Phi) is 13.8. The molecule has 0 saturated carbocycles. The predicted octanol–water partition coefficient (Wildman–Crippen LogP) is 3.95. The van der Waals surface area contributed by atoms with Crippen molar-refractivity contribution in [2.45, 2.75) is 41.0 Å². The molecule has 0 bridgehead atoms. The molecule has 0 N–H and O–H groups in total. The van der Waals surface area contributed by atoms with Gasteiger partial charge in [-0.25, -0.2) is 0 Å². The van der Waals surface area contributed by atoms with Crippen LogP contribution in [-0.2, 0) is 0 Å². The molecule has 0 saturated heterocycles. The Bertz CT molecular complexity index is 96.6. The number of rotatable bonds is 2. The highest BCUT2D eigenvalue weighted by atomic mass is 13.8. The van der Waals surface area contributed by atoms with Gasteiger partial charge in [0.2, 0.25) is 0 Å². The van der Waals surface area contributed by atoms with E-state index in [9.17, 15) is 0 Å². The summed E-state index contributed by atoms with van der Waals surface area (Å²) in [5.74, 6) is 0. The maximum absolute atomic E-state index is 2.21. The minimum absolute atomic E-state index is 1.14. The van der Waals surface area contributed by atoms with E-state index in [1.807, 2.05) is 20.8 Å². The molecular weight excluding hydrogens is 120 g/mol. The van der Waals surface area contributed by atoms with Crippen LogP contribution < -0.4 is 0 Å². The zero-order valence-electron chi connectivity index (χ0n) is 7.94. The minimum atomic E-state index is 1.14. The Morgan fingerprint density at radius 3 is 2.10 bits per heavy atom. The van der Waals surface area contributed by atoms with Crippen molar-refractivity contribution in [1.82, 2.24) is 0 Å². The Morgan fingerprint density at radius 1 is 1.30 bits per heavy atom. The highest BCUT2D eigenvalue weighted by molar-refractivity contribution is 5.14. The standard InChI is InChI=1S/C8H14.C2H6/c1-4-6-8(3)7-5-2;1-2/h4,6-7H,5H2,1-3H3;1-2H3/b6-4-,8-7-;. The molecule has 0 atom stereocenters. The maximum atomic E-state index is 2.21. The summed E-state index contributed by atoms with van der Waals surface area (Å²) in [5.41, 5.74) is 1.36. The summed E-state index contributed by atoms with van der Waals surface area (Å²) >= 11 is 0. The summed E-state index contributed by atoms with van der Waals surface area (Å²) in [6.45, 7) is 10.3. The van der Waals surface area contributed by atoms with Gasteiger partial charge in [-0.3, -0.25) is 0 Å². The second kappa shape index (κ2) is 11.3. The summed E-state index contributed by atoms with van der Waals surface area (Å²) in [4.78, 5) is 0. The van der Waals surface area contributed by atoms with E-state index in [0.717, 1.165) is 6.42 Å². The molecule has 0 unspecified atom stereocenters. The van der Waals surface area contributed by atoms with Crippen LogP contribution >= 0.6 is 0 Å². The molecule has 60 valence electrons. The average Bonchev–Trinajstić information content (AvgIpc) is 1.93. The molecule has 10 heavy (non-hydrogen) atoms. The second-order valence-corrected chi connectivity index (χ2v) is 1.86. The van der Waals surface area contributed by atoms with Crippen molar-refractivity contribution in [3.05, 3.63) is 23.8 Å². The van der Waals surface area contributed by atoms with Gasteiger partial charge < -0.3 is 0 Å². The van der Waals surface area contributed by atoms with E-state index in [0.29, 0.717) is 0 Å². The highest BCUT2D eigenvalue weighted by Crippen LogP contribution is 1.95. The lowest BCUT2D eigenvalue weighted by molar-refractivity contribution is 1.20. The fourth-order valence-electron chi connectivity index (χ4n) is 0.653. The van der Waals surface area contributed by atoms with E-state index in [-0.39, 0.29) is 0 Å². The SMILES string of the molecule is C/C=C\C(C)=C/CC.CC. The molecule has 0 aromatic rings. The smallest absolute Gasteiger partial charge is 0.0374 e. The Hall–Kier alpha value is -0.520. The van der Waals surface area contributed by atoms with Crippen molar-refractivity contribution in [3.8, 4) is 0 Å². The number of allylic oxidation sites excluding steroid dienone is 4. The molecule has 0 radical (unpaired) electrons. The van der Waals surface area contributed by atoms with Crippen LogP contribution in [0.2, 0.25) is 0 Å². The molecule has 0 rings (SSSR count). The van der Waals surface area contributed by atoms with Crippen LogP contribution in [0.5, 0.6) is 0 Å². The fourth-order valence-corrected chi connectivity index (χ4v) is 0.653. The van der Waals surface area contributed by atoms with Gasteiger partial charge in [-0.2, -0.15) is 0 Å². The first-order valence-corrected chi connectivity index (χ1v) is 4.10. The van der Waals surface area contributed by atoms with Crippen LogP contribution in [0.25, 0.3) is 0 Å². The van der Waals surface area contributed by atoms with Gasteiger partial charge in [0.15, 0.2) is 0 Å². The Balaban J connectivity index is 0. The van der Waals surface area contributed by atoms with E-state index in [1.165, 1.54) is 5.57 Å². The van der Waals surface area contributed by atoms with Crippen LogP contribution in [0.15, 0.2) is 23.8 Å². The first kappa shape index (κ1) is 12.2. The molecule has 0 heteroatoms. The first-order chi connectivity index (χ1) is 4.81. The third-order valence-corrected chi connectivity index (χ3v) is 0.956. The molecule has 0 amide bonds.